The van der Waals surface area contributed by atoms with Gasteiger partial charge in [-0.3, -0.25) is 6.08 Å². The van der Waals surface area contributed by atoms with Crippen LogP contribution in [-0.2, 0) is 53.3 Å². The van der Waals surface area contributed by atoms with Crippen molar-refractivity contribution < 1.29 is 49.0 Å². The molecule has 3 aliphatic rings. The fourth-order valence-electron chi connectivity index (χ4n) is 7.78. The predicted octanol–water partition coefficient (Wildman–Crippen LogP) is 6.11. The first kappa shape index (κ1) is 41.2. The van der Waals surface area contributed by atoms with Crippen LogP contribution in [0.5, 0.6) is 0 Å². The summed E-state index contributed by atoms with van der Waals surface area (Å²) >= 11 is 1.51. The van der Waals surface area contributed by atoms with Gasteiger partial charge in [-0.1, -0.05) is 105 Å². The monoisotopic (exact) mass is 766 g/mol. The molecule has 0 aromatic heterocycles. The number of halogens is 2. The molecule has 0 aliphatic heterocycles. The zero-order valence-electron chi connectivity index (χ0n) is 32.0. The van der Waals surface area contributed by atoms with Gasteiger partial charge >= 0.3 is 76.7 Å². The van der Waals surface area contributed by atoms with Crippen LogP contribution in [0.15, 0.2) is 66.7 Å². The summed E-state index contributed by atoms with van der Waals surface area (Å²) in [5.74, 6) is 0. The fourth-order valence-corrected chi connectivity index (χ4v) is 8.19. The molecule has 3 heteroatoms. The smallest absolute Gasteiger partial charge is 1.00 e. The van der Waals surface area contributed by atoms with E-state index in [-0.39, 0.29) is 35.6 Å². The van der Waals surface area contributed by atoms with Crippen LogP contribution in [0.4, 0.5) is 0 Å². The van der Waals surface area contributed by atoms with E-state index in [1.165, 1.54) is 111 Å². The van der Waals surface area contributed by atoms with Crippen molar-refractivity contribution in [2.75, 3.05) is 0 Å². The average molecular weight is 769 g/mol. The quantitative estimate of drug-likeness (QED) is 0.190. The Morgan fingerprint density at radius 1 is 0.796 bits per heavy atom. The van der Waals surface area contributed by atoms with E-state index in [9.17, 15) is 0 Å². The molecule has 0 amide bonds. The van der Waals surface area contributed by atoms with Crippen LogP contribution < -0.4 is 24.8 Å². The van der Waals surface area contributed by atoms with Crippen molar-refractivity contribution in [1.29, 1.82) is 0 Å². The van der Waals surface area contributed by atoms with Crippen molar-refractivity contribution >= 4 is 14.4 Å². The molecule has 0 heterocycles. The molecule has 258 valence electrons. The van der Waals surface area contributed by atoms with Crippen molar-refractivity contribution in [3.05, 3.63) is 134 Å². The Balaban J connectivity index is 0.000000228. The normalized spacial score (nSPS) is 15.4. The van der Waals surface area contributed by atoms with E-state index < -0.39 is 0 Å². The van der Waals surface area contributed by atoms with Gasteiger partial charge in [0.05, 0.1) is 0 Å². The molecular weight excluding hydrogens is 715 g/mol. The Hall–Kier alpha value is -2.18. The Labute approximate surface area is 325 Å². The van der Waals surface area contributed by atoms with Crippen LogP contribution in [0.1, 0.15) is 137 Å². The van der Waals surface area contributed by atoms with Gasteiger partial charge in [0.15, 0.2) is 0 Å². The first-order valence-electron chi connectivity index (χ1n) is 17.4. The van der Waals surface area contributed by atoms with Gasteiger partial charge in [-0.25, -0.2) is 11.6 Å². The molecule has 49 heavy (non-hydrogen) atoms. The zero-order valence-corrected chi connectivity index (χ0v) is 36.0. The summed E-state index contributed by atoms with van der Waals surface area (Å²) in [6, 6.07) is 23.1. The third-order valence-corrected chi connectivity index (χ3v) is 10.9. The Morgan fingerprint density at radius 3 is 1.86 bits per heavy atom. The van der Waals surface area contributed by atoms with Gasteiger partial charge in [0, 0.05) is 5.41 Å². The molecule has 0 nitrogen and oxygen atoms in total. The average Bonchev–Trinajstić information content (AvgIpc) is 3.67. The summed E-state index contributed by atoms with van der Waals surface area (Å²) in [5, 5.41) is 0. The second-order valence-electron chi connectivity index (χ2n) is 16.3. The van der Waals surface area contributed by atoms with E-state index >= 15 is 0 Å². The maximum absolute atomic E-state index is 3.65. The molecule has 0 atom stereocenters. The van der Waals surface area contributed by atoms with Gasteiger partial charge in [0.2, 0.25) is 0 Å². The van der Waals surface area contributed by atoms with Gasteiger partial charge in [-0.15, -0.1) is 11.6 Å². The number of fused-ring (bicyclic) bond motifs is 5. The molecule has 4 aromatic rings. The van der Waals surface area contributed by atoms with E-state index in [2.05, 4.69) is 163 Å². The van der Waals surface area contributed by atoms with E-state index in [1.807, 2.05) is 0 Å². The summed E-state index contributed by atoms with van der Waals surface area (Å²) in [5.41, 5.74) is 22.0. The first-order valence-corrected chi connectivity index (χ1v) is 18.6. The van der Waals surface area contributed by atoms with Crippen molar-refractivity contribution in [1.82, 2.24) is 0 Å². The summed E-state index contributed by atoms with van der Waals surface area (Å²) in [6.07, 6.45) is 8.29. The minimum Gasteiger partial charge on any atom is -1.00 e. The molecule has 0 spiro atoms. The summed E-state index contributed by atoms with van der Waals surface area (Å²) in [4.78, 5) is 0. The number of aryl methyl sites for hydroxylation is 3. The Kier molecular flexibility index (Phi) is 12.8. The maximum atomic E-state index is 3.65. The molecule has 0 fully saturated rings. The predicted molar refractivity (Wildman–Crippen MR) is 203 cm³/mol. The summed E-state index contributed by atoms with van der Waals surface area (Å²) in [7, 11) is 0. The number of rotatable bonds is 2. The summed E-state index contributed by atoms with van der Waals surface area (Å²) in [6.45, 7) is 29.2. The Bertz CT molecular complexity index is 1830. The topological polar surface area (TPSA) is 0 Å². The third kappa shape index (κ3) is 8.49. The van der Waals surface area contributed by atoms with Crippen molar-refractivity contribution in [2.24, 2.45) is 0 Å². The van der Waals surface area contributed by atoms with Gasteiger partial charge < -0.3 is 24.8 Å². The number of hydrogen-bond acceptors (Lipinski definition) is 0. The largest absolute Gasteiger partial charge is 1.00 e. The second kappa shape index (κ2) is 15.2. The van der Waals surface area contributed by atoms with Crippen molar-refractivity contribution in [3.63, 3.8) is 0 Å². The SMILES string of the molecule is CC1=[C-]C(C)(C)c2cc3c(cc21)-c1cc2c(cc1C3)C(C)(C)C=C2C.CCc1[cH-]c(C)cc1C(C)(C)C.C[C](=[Zr+2])c1ccc(C)cc1.[Cl-].[Cl-]. The molecular formula is C46H54Cl2Zr-2. The molecule has 0 unspecified atom stereocenters. The van der Waals surface area contributed by atoms with Crippen LogP contribution in [-0.4, -0.2) is 3.21 Å². The van der Waals surface area contributed by atoms with E-state index in [0.717, 1.165) is 12.8 Å². The van der Waals surface area contributed by atoms with E-state index in [4.69, 9.17) is 0 Å². The number of hydrogen-bond donors (Lipinski definition) is 0. The van der Waals surface area contributed by atoms with Crippen LogP contribution in [0, 0.1) is 19.9 Å². The molecule has 7 rings (SSSR count). The molecule has 0 saturated heterocycles. The van der Waals surface area contributed by atoms with E-state index in [1.54, 1.807) is 0 Å². The molecule has 4 aromatic carbocycles. The molecule has 0 N–H and O–H groups in total. The molecule has 0 saturated carbocycles. The Morgan fingerprint density at radius 2 is 1.35 bits per heavy atom. The molecule has 0 bridgehead atoms. The second-order valence-corrected chi connectivity index (χ2v) is 18.1. The maximum Gasteiger partial charge on any atom is -1.00 e. The number of allylic oxidation sites excluding steroid dienone is 4. The fraction of sp³-hybridized carbons (Fsp3) is 0.391. The van der Waals surface area contributed by atoms with Crippen LogP contribution >= 0.6 is 0 Å². The summed E-state index contributed by atoms with van der Waals surface area (Å²) < 4.78 is 1.46. The third-order valence-electron chi connectivity index (χ3n) is 10.2. The van der Waals surface area contributed by atoms with E-state index in [0.29, 0.717) is 5.41 Å². The van der Waals surface area contributed by atoms with Crippen LogP contribution in [0.25, 0.3) is 22.3 Å². The minimum absolute atomic E-state index is 0. The van der Waals surface area contributed by atoms with Gasteiger partial charge in [-0.05, 0) is 58.4 Å². The molecule has 0 radical (unpaired) electrons. The minimum atomic E-state index is 0. The van der Waals surface area contributed by atoms with Gasteiger partial charge in [0.25, 0.3) is 0 Å². The van der Waals surface area contributed by atoms with Gasteiger partial charge in [-0.2, -0.15) is 28.3 Å². The van der Waals surface area contributed by atoms with Crippen LogP contribution in [0.3, 0.4) is 0 Å². The molecule has 3 aliphatic carbocycles. The van der Waals surface area contributed by atoms with Gasteiger partial charge in [0.1, 0.15) is 0 Å². The standard InChI is InChI=1S/C25H25.C12H19.C9H10.2ClH.Zr/c1-14-12-24(3,4)22-8-16-7-17-9-23-19(15(2)13-25(23,5)6)11-21(17)20(16)10-18(14)22;1-6-10-7-9(2)8-11(10)12(3,4)5;1-3-9-6-4-8(2)5-7-9;;;/h8-12H,7H2,1-6H3;7-8H,6H2,1-5H3;4-7H,1-2H3;2*1H;/q2*-1;;;;+2/p-2. The van der Waals surface area contributed by atoms with Crippen LogP contribution in [0.2, 0.25) is 0 Å². The zero-order chi connectivity index (χ0) is 34.6. The van der Waals surface area contributed by atoms with Crippen molar-refractivity contribution in [2.45, 2.75) is 119 Å². The van der Waals surface area contributed by atoms with Crippen molar-refractivity contribution in [3.8, 4) is 11.1 Å². The number of benzene rings is 3. The first-order chi connectivity index (χ1) is 21.8.